The van der Waals surface area contributed by atoms with Crippen molar-refractivity contribution in [3.63, 3.8) is 0 Å². The van der Waals surface area contributed by atoms with Crippen molar-refractivity contribution in [2.75, 3.05) is 0 Å². The zero-order valence-corrected chi connectivity index (χ0v) is 5.79. The predicted octanol–water partition coefficient (Wildman–Crippen LogP) is 2.38. The van der Waals surface area contributed by atoms with Gasteiger partial charge in [0, 0.05) is 0 Å². The average Bonchev–Trinajstić information content (AvgIpc) is 1.90. The second-order valence-corrected chi connectivity index (χ2v) is 2.62. The standard InChI is InChI=1S/C7H11S/c8-6-7-4-2-1-3-5-7/h2,6-7H,1,3-5H2. The van der Waals surface area contributed by atoms with Crippen LogP contribution < -0.4 is 0 Å². The molecule has 0 bridgehead atoms. The van der Waals surface area contributed by atoms with Crippen LogP contribution in [0.25, 0.3) is 0 Å². The molecule has 1 rings (SSSR count). The van der Waals surface area contributed by atoms with Gasteiger partial charge in [0.2, 0.25) is 0 Å². The molecule has 1 aliphatic carbocycles. The quantitative estimate of drug-likeness (QED) is 0.487. The van der Waals surface area contributed by atoms with E-state index in [4.69, 9.17) is 12.2 Å². The van der Waals surface area contributed by atoms with E-state index >= 15 is 0 Å². The molecule has 0 amide bonds. The van der Waals surface area contributed by atoms with Crippen molar-refractivity contribution in [2.24, 2.45) is 5.92 Å². The first-order valence-corrected chi connectivity index (χ1v) is 3.67. The summed E-state index contributed by atoms with van der Waals surface area (Å²) in [6.07, 6.45) is 7.54. The van der Waals surface area contributed by atoms with E-state index in [2.05, 4.69) is 6.42 Å². The molecule has 0 heterocycles. The van der Waals surface area contributed by atoms with Crippen molar-refractivity contribution in [2.45, 2.75) is 25.7 Å². The van der Waals surface area contributed by atoms with Crippen LogP contribution in [0.3, 0.4) is 0 Å². The lowest BCUT2D eigenvalue weighted by Gasteiger charge is -2.15. The minimum absolute atomic E-state index is 0.721. The van der Waals surface area contributed by atoms with Gasteiger partial charge in [-0.2, -0.15) is 0 Å². The van der Waals surface area contributed by atoms with Gasteiger partial charge < -0.3 is 0 Å². The summed E-state index contributed by atoms with van der Waals surface area (Å²) >= 11 is 4.83. The molecule has 1 heteroatoms. The SMILES string of the molecule is S=CC1C[CH]CCC1. The summed E-state index contributed by atoms with van der Waals surface area (Å²) < 4.78 is 0. The van der Waals surface area contributed by atoms with Crippen LogP contribution in [0.4, 0.5) is 0 Å². The molecule has 0 N–H and O–H groups in total. The molecule has 0 spiro atoms. The Bertz CT molecular complexity index is 72.5. The van der Waals surface area contributed by atoms with E-state index in [-0.39, 0.29) is 0 Å². The summed E-state index contributed by atoms with van der Waals surface area (Å²) in [4.78, 5) is 0. The third-order valence-corrected chi connectivity index (χ3v) is 2.03. The monoisotopic (exact) mass is 127 g/mol. The van der Waals surface area contributed by atoms with Crippen molar-refractivity contribution >= 4 is 17.6 Å². The topological polar surface area (TPSA) is 0 Å². The van der Waals surface area contributed by atoms with E-state index in [9.17, 15) is 0 Å². The van der Waals surface area contributed by atoms with E-state index in [0.29, 0.717) is 0 Å². The van der Waals surface area contributed by atoms with Crippen LogP contribution >= 0.6 is 12.2 Å². The average molecular weight is 127 g/mol. The van der Waals surface area contributed by atoms with E-state index < -0.39 is 0 Å². The van der Waals surface area contributed by atoms with Crippen LogP contribution in [0, 0.1) is 12.3 Å². The fourth-order valence-corrected chi connectivity index (χ4v) is 1.34. The second kappa shape index (κ2) is 3.18. The van der Waals surface area contributed by atoms with Crippen LogP contribution in [0.2, 0.25) is 0 Å². The van der Waals surface area contributed by atoms with Crippen LogP contribution in [0.1, 0.15) is 25.7 Å². The minimum atomic E-state index is 0.721. The highest BCUT2D eigenvalue weighted by atomic mass is 32.1. The van der Waals surface area contributed by atoms with Crippen molar-refractivity contribution in [1.29, 1.82) is 0 Å². The number of thiocarbonyl (C=S) groups is 1. The first-order chi connectivity index (χ1) is 3.93. The number of hydrogen-bond acceptors (Lipinski definition) is 1. The lowest BCUT2D eigenvalue weighted by molar-refractivity contribution is 0.525. The fraction of sp³-hybridized carbons (Fsp3) is 0.714. The summed E-state index contributed by atoms with van der Waals surface area (Å²) in [6.45, 7) is 0. The van der Waals surface area contributed by atoms with E-state index in [0.717, 1.165) is 5.92 Å². The summed E-state index contributed by atoms with van der Waals surface area (Å²) in [5, 5.41) is 1.91. The van der Waals surface area contributed by atoms with Gasteiger partial charge in [-0.25, -0.2) is 0 Å². The van der Waals surface area contributed by atoms with E-state index in [1.54, 1.807) is 0 Å². The summed E-state index contributed by atoms with van der Waals surface area (Å²) in [5.74, 6) is 0.721. The minimum Gasteiger partial charge on any atom is -0.0932 e. The van der Waals surface area contributed by atoms with Gasteiger partial charge in [0.1, 0.15) is 0 Å². The lowest BCUT2D eigenvalue weighted by atomic mass is 9.91. The number of hydrogen-bond donors (Lipinski definition) is 0. The van der Waals surface area contributed by atoms with Crippen LogP contribution in [-0.4, -0.2) is 5.37 Å². The maximum Gasteiger partial charge on any atom is -0.0126 e. The van der Waals surface area contributed by atoms with Gasteiger partial charge in [0.05, 0.1) is 0 Å². The second-order valence-electron chi connectivity index (χ2n) is 2.35. The fourth-order valence-electron chi connectivity index (χ4n) is 1.10. The Morgan fingerprint density at radius 3 is 2.88 bits per heavy atom. The van der Waals surface area contributed by atoms with Gasteiger partial charge in [-0.15, -0.1) is 0 Å². The van der Waals surface area contributed by atoms with Crippen molar-refractivity contribution in [3.8, 4) is 0 Å². The first kappa shape index (κ1) is 6.21. The van der Waals surface area contributed by atoms with Gasteiger partial charge in [0.15, 0.2) is 0 Å². The Morgan fingerprint density at radius 1 is 1.62 bits per heavy atom. The highest BCUT2D eigenvalue weighted by Gasteiger charge is 2.08. The molecule has 1 atom stereocenters. The molecule has 0 aromatic carbocycles. The maximum absolute atomic E-state index is 4.83. The van der Waals surface area contributed by atoms with Crippen molar-refractivity contribution in [1.82, 2.24) is 0 Å². The van der Waals surface area contributed by atoms with Crippen LogP contribution in [0.5, 0.6) is 0 Å². The van der Waals surface area contributed by atoms with Gasteiger partial charge in [0.25, 0.3) is 0 Å². The Labute approximate surface area is 56.3 Å². The predicted molar refractivity (Wildman–Crippen MR) is 39.9 cm³/mol. The van der Waals surface area contributed by atoms with E-state index in [1.165, 1.54) is 25.7 Å². The molecule has 1 aliphatic rings. The molecule has 0 aliphatic heterocycles. The Morgan fingerprint density at radius 2 is 2.50 bits per heavy atom. The molecule has 45 valence electrons. The Hall–Kier alpha value is 0.0900. The highest BCUT2D eigenvalue weighted by Crippen LogP contribution is 2.20. The first-order valence-electron chi connectivity index (χ1n) is 3.20. The van der Waals surface area contributed by atoms with Crippen molar-refractivity contribution < 1.29 is 0 Å². The van der Waals surface area contributed by atoms with Gasteiger partial charge >= 0.3 is 0 Å². The summed E-state index contributed by atoms with van der Waals surface area (Å²) in [6, 6.07) is 0. The largest absolute Gasteiger partial charge is 0.0932 e. The third-order valence-electron chi connectivity index (χ3n) is 1.65. The van der Waals surface area contributed by atoms with E-state index in [1.807, 2.05) is 5.37 Å². The molecular formula is C7H11S. The maximum atomic E-state index is 4.83. The van der Waals surface area contributed by atoms with Gasteiger partial charge in [-0.05, 0) is 30.5 Å². The van der Waals surface area contributed by atoms with Crippen molar-refractivity contribution in [3.05, 3.63) is 6.42 Å². The molecule has 8 heavy (non-hydrogen) atoms. The normalized spacial score (nSPS) is 23.0. The molecule has 1 radical (unpaired) electrons. The Kier molecular flexibility index (Phi) is 2.47. The molecule has 1 unspecified atom stereocenters. The third kappa shape index (κ3) is 1.55. The summed E-state index contributed by atoms with van der Waals surface area (Å²) in [5.41, 5.74) is 0. The molecule has 0 saturated heterocycles. The molecular weight excluding hydrogens is 116 g/mol. The molecule has 1 fully saturated rings. The zero-order chi connectivity index (χ0) is 5.82. The smallest absolute Gasteiger partial charge is 0.0126 e. The molecule has 1 saturated carbocycles. The lowest BCUT2D eigenvalue weighted by Crippen LogP contribution is -2.05. The van der Waals surface area contributed by atoms with Gasteiger partial charge in [-0.1, -0.05) is 25.1 Å². The number of rotatable bonds is 1. The molecule has 0 aromatic heterocycles. The molecule has 0 aromatic rings. The summed E-state index contributed by atoms with van der Waals surface area (Å²) in [7, 11) is 0. The molecule has 0 nitrogen and oxygen atoms in total. The van der Waals surface area contributed by atoms with Crippen LogP contribution in [0.15, 0.2) is 0 Å². The Balaban J connectivity index is 2.22. The highest BCUT2D eigenvalue weighted by molar-refractivity contribution is 7.79. The zero-order valence-electron chi connectivity index (χ0n) is 4.97. The van der Waals surface area contributed by atoms with Gasteiger partial charge in [-0.3, -0.25) is 0 Å². The van der Waals surface area contributed by atoms with Crippen LogP contribution in [-0.2, 0) is 0 Å².